The first-order valence-electron chi connectivity index (χ1n) is 23.4. The molecule has 0 radical (unpaired) electrons. The Bertz CT molecular complexity index is 3460. The van der Waals surface area contributed by atoms with E-state index in [0.717, 1.165) is 0 Å². The first-order valence-corrected chi connectivity index (χ1v) is 23.4. The summed E-state index contributed by atoms with van der Waals surface area (Å²) in [5.74, 6) is 0. The number of hydrogen-bond donors (Lipinski definition) is 0. The molecular weight excluding hydrogens is 793 g/mol. The van der Waals surface area contributed by atoms with E-state index in [0.29, 0.717) is 0 Å². The molecule has 2 spiro atoms. The van der Waals surface area contributed by atoms with Crippen LogP contribution in [0.15, 0.2) is 218 Å². The van der Waals surface area contributed by atoms with Crippen LogP contribution in [0.4, 0.5) is 0 Å². The molecule has 10 aromatic rings. The Kier molecular flexibility index (Phi) is 8.40. The van der Waals surface area contributed by atoms with Crippen LogP contribution in [-0.4, -0.2) is 0 Å². The van der Waals surface area contributed by atoms with E-state index in [-0.39, 0.29) is 10.8 Å². The fourth-order valence-electron chi connectivity index (χ4n) is 12.6. The number of rotatable bonds is 0. The van der Waals surface area contributed by atoms with E-state index in [1.165, 1.54) is 134 Å². The molecule has 0 N–H and O–H groups in total. The standard InChI is InChI=1S/2C33H24/c1-21-16-18-31-28(19-21)27-17-15-22(2)20-32(27)33(31)29-13-7-5-11-25(29)23-9-3-4-10-24(23)26-12-6-8-14-30(26)33;1-21-15-17-27-28-18-16-22(2)20-32(28)33(31(27)19-21)29-13-7-5-11-25(29)23-9-3-4-10-24(23)26-12-6-8-14-30(26)33/h2*3-20H,1-2H3. The maximum atomic E-state index is 2.42. The highest BCUT2D eigenvalue weighted by atomic mass is 14.5. The summed E-state index contributed by atoms with van der Waals surface area (Å²) < 4.78 is 0. The van der Waals surface area contributed by atoms with Crippen molar-refractivity contribution in [2.24, 2.45) is 0 Å². The fraction of sp³-hybridized carbons (Fsp3) is 0.0909. The van der Waals surface area contributed by atoms with E-state index < -0.39 is 0 Å². The van der Waals surface area contributed by atoms with Crippen molar-refractivity contribution in [1.82, 2.24) is 0 Å². The highest BCUT2D eigenvalue weighted by Crippen LogP contribution is 2.63. The Hall–Kier alpha value is -7.80. The van der Waals surface area contributed by atoms with Gasteiger partial charge in [-0.15, -0.1) is 0 Å². The molecule has 10 aromatic carbocycles. The minimum Gasteiger partial charge on any atom is -0.0619 e. The van der Waals surface area contributed by atoms with Gasteiger partial charge in [0.25, 0.3) is 0 Å². The van der Waals surface area contributed by atoms with Crippen LogP contribution in [0.2, 0.25) is 0 Å². The predicted molar refractivity (Wildman–Crippen MR) is 275 cm³/mol. The van der Waals surface area contributed by atoms with Gasteiger partial charge in [0, 0.05) is 0 Å². The molecular formula is C66H48. The number of fused-ring (bicyclic) bond motifs is 24. The normalized spacial score (nSPS) is 14.0. The molecule has 4 aliphatic rings. The van der Waals surface area contributed by atoms with Gasteiger partial charge in [-0.2, -0.15) is 0 Å². The molecule has 0 heteroatoms. The third-order valence-electron chi connectivity index (χ3n) is 15.2. The minimum atomic E-state index is -0.352. The Balaban J connectivity index is 0.000000132. The average molecular weight is 841 g/mol. The fourth-order valence-corrected chi connectivity index (χ4v) is 12.6. The van der Waals surface area contributed by atoms with Crippen LogP contribution in [0, 0.1) is 27.7 Å². The Morgan fingerprint density at radius 3 is 0.758 bits per heavy atom. The van der Waals surface area contributed by atoms with Crippen molar-refractivity contribution in [3.8, 4) is 66.8 Å². The van der Waals surface area contributed by atoms with Gasteiger partial charge in [0.15, 0.2) is 0 Å². The molecule has 0 aromatic heterocycles. The summed E-state index contributed by atoms with van der Waals surface area (Å²) in [6.45, 7) is 8.84. The molecule has 4 aliphatic carbocycles. The van der Waals surface area contributed by atoms with Crippen LogP contribution in [0.25, 0.3) is 66.8 Å². The molecule has 0 saturated heterocycles. The smallest absolute Gasteiger partial charge is 0.0619 e. The van der Waals surface area contributed by atoms with Gasteiger partial charge in [0.05, 0.1) is 10.8 Å². The number of hydrogen-bond acceptors (Lipinski definition) is 0. The first-order chi connectivity index (χ1) is 32.4. The third-order valence-corrected chi connectivity index (χ3v) is 15.2. The monoisotopic (exact) mass is 840 g/mol. The number of aryl methyl sites for hydroxylation is 4. The highest BCUT2D eigenvalue weighted by Gasteiger charge is 2.51. The molecule has 0 atom stereocenters. The van der Waals surface area contributed by atoms with Gasteiger partial charge in [0.2, 0.25) is 0 Å². The van der Waals surface area contributed by atoms with Crippen molar-refractivity contribution in [3.63, 3.8) is 0 Å². The second-order valence-corrected chi connectivity index (χ2v) is 19.0. The summed E-state index contributed by atoms with van der Waals surface area (Å²) in [6.07, 6.45) is 0. The topological polar surface area (TPSA) is 0 Å². The van der Waals surface area contributed by atoms with Crippen molar-refractivity contribution in [1.29, 1.82) is 0 Å². The van der Waals surface area contributed by atoms with Crippen molar-refractivity contribution < 1.29 is 0 Å². The number of benzene rings is 10. The van der Waals surface area contributed by atoms with E-state index >= 15 is 0 Å². The average Bonchev–Trinajstić information content (AvgIpc) is 3.70. The molecule has 0 fully saturated rings. The summed E-state index contributed by atoms with van der Waals surface area (Å²) in [6, 6.07) is 82.1. The highest BCUT2D eigenvalue weighted by molar-refractivity contribution is 5.99. The predicted octanol–water partition coefficient (Wildman–Crippen LogP) is 16.6. The lowest BCUT2D eigenvalue weighted by Gasteiger charge is -2.35. The molecule has 0 nitrogen and oxygen atoms in total. The van der Waals surface area contributed by atoms with Crippen molar-refractivity contribution in [2.45, 2.75) is 38.5 Å². The van der Waals surface area contributed by atoms with Crippen molar-refractivity contribution in [3.05, 3.63) is 285 Å². The third kappa shape index (κ3) is 5.16. The molecule has 14 rings (SSSR count). The lowest BCUT2D eigenvalue weighted by Crippen LogP contribution is -2.29. The van der Waals surface area contributed by atoms with E-state index in [9.17, 15) is 0 Å². The molecule has 0 bridgehead atoms. The maximum absolute atomic E-state index is 2.42. The van der Waals surface area contributed by atoms with Crippen LogP contribution >= 0.6 is 0 Å². The summed E-state index contributed by atoms with van der Waals surface area (Å²) in [5, 5.41) is 0. The lowest BCUT2D eigenvalue weighted by molar-refractivity contribution is 0.773. The lowest BCUT2D eigenvalue weighted by atomic mass is 9.65. The zero-order valence-electron chi connectivity index (χ0n) is 37.8. The van der Waals surface area contributed by atoms with Gasteiger partial charge < -0.3 is 0 Å². The molecule has 0 heterocycles. The van der Waals surface area contributed by atoms with Crippen LogP contribution in [-0.2, 0) is 10.8 Å². The van der Waals surface area contributed by atoms with Gasteiger partial charge in [-0.25, -0.2) is 0 Å². The van der Waals surface area contributed by atoms with Crippen molar-refractivity contribution in [2.75, 3.05) is 0 Å². The van der Waals surface area contributed by atoms with Gasteiger partial charge in [-0.3, -0.25) is 0 Å². The second-order valence-electron chi connectivity index (χ2n) is 19.0. The molecule has 66 heavy (non-hydrogen) atoms. The summed E-state index contributed by atoms with van der Waals surface area (Å²) in [4.78, 5) is 0. The largest absolute Gasteiger partial charge is 0.0725 e. The molecule has 0 amide bonds. The zero-order chi connectivity index (χ0) is 44.3. The van der Waals surface area contributed by atoms with E-state index in [1.54, 1.807) is 0 Å². The van der Waals surface area contributed by atoms with Crippen molar-refractivity contribution >= 4 is 0 Å². The molecule has 0 unspecified atom stereocenters. The van der Waals surface area contributed by atoms with Crippen LogP contribution in [0.5, 0.6) is 0 Å². The summed E-state index contributed by atoms with van der Waals surface area (Å²) >= 11 is 0. The molecule has 0 aliphatic heterocycles. The summed E-state index contributed by atoms with van der Waals surface area (Å²) in [7, 11) is 0. The van der Waals surface area contributed by atoms with Gasteiger partial charge in [-0.05, 0) is 139 Å². The Labute approximate surface area is 388 Å². The maximum Gasteiger partial charge on any atom is 0.0725 e. The molecule has 312 valence electrons. The van der Waals surface area contributed by atoms with E-state index in [4.69, 9.17) is 0 Å². The van der Waals surface area contributed by atoms with E-state index in [1.807, 2.05) is 0 Å². The quantitative estimate of drug-likeness (QED) is 0.143. The minimum absolute atomic E-state index is 0.351. The van der Waals surface area contributed by atoms with Gasteiger partial charge in [-0.1, -0.05) is 241 Å². The van der Waals surface area contributed by atoms with Gasteiger partial charge in [0.1, 0.15) is 0 Å². The molecule has 0 saturated carbocycles. The Morgan fingerprint density at radius 2 is 0.409 bits per heavy atom. The second kappa shape index (κ2) is 14.4. The van der Waals surface area contributed by atoms with E-state index in [2.05, 4.69) is 246 Å². The zero-order valence-corrected chi connectivity index (χ0v) is 37.8. The van der Waals surface area contributed by atoms with Gasteiger partial charge >= 0.3 is 0 Å². The van der Waals surface area contributed by atoms with Crippen LogP contribution < -0.4 is 0 Å². The Morgan fingerprint density at radius 1 is 0.182 bits per heavy atom. The first kappa shape index (κ1) is 38.6. The summed E-state index contributed by atoms with van der Waals surface area (Å²) in [5.41, 5.74) is 31.6. The van der Waals surface area contributed by atoms with Crippen LogP contribution in [0.1, 0.15) is 66.8 Å². The SMILES string of the molecule is Cc1ccc2c(c1)-c1ccc(C)cc1C21c2ccccc2-c2ccccc2-c2ccccc21.Cc1ccc2c(c1)C1(c3ccccc3-c3ccccc3-c3ccccc31)c1cc(C)ccc1-2. The van der Waals surface area contributed by atoms with Crippen LogP contribution in [0.3, 0.4) is 0 Å².